The third-order valence-corrected chi connectivity index (χ3v) is 4.98. The lowest BCUT2D eigenvalue weighted by molar-refractivity contribution is 0.278. The first-order valence-corrected chi connectivity index (χ1v) is 8.21. The van der Waals surface area contributed by atoms with E-state index in [1.165, 1.54) is 5.56 Å². The fourth-order valence-electron chi connectivity index (χ4n) is 2.15. The lowest BCUT2D eigenvalue weighted by Crippen LogP contribution is -2.32. The lowest BCUT2D eigenvalue weighted by atomic mass is 10.1. The fraction of sp³-hybridized carbons (Fsp3) is 0.467. The normalized spacial score (nSPS) is 12.9. The molecule has 2 rings (SSSR count). The second kappa shape index (κ2) is 7.33. The molecule has 0 saturated carbocycles. The molecule has 0 spiro atoms. The second-order valence-electron chi connectivity index (χ2n) is 4.99. The number of aryl methyl sites for hydroxylation is 1. The van der Waals surface area contributed by atoms with Gasteiger partial charge in [0.1, 0.15) is 0 Å². The largest absolute Gasteiger partial charge is 0.334 e. The van der Waals surface area contributed by atoms with Crippen LogP contribution in [0, 0.1) is 10.5 Å². The highest BCUT2D eigenvalue weighted by Crippen LogP contribution is 2.26. The van der Waals surface area contributed by atoms with Crippen molar-refractivity contribution in [3.8, 4) is 11.5 Å². The van der Waals surface area contributed by atoms with Crippen LogP contribution in [-0.4, -0.2) is 34.7 Å². The molecule has 0 saturated heterocycles. The zero-order valence-electron chi connectivity index (χ0n) is 12.6. The number of benzene rings is 1. The van der Waals surface area contributed by atoms with Crippen molar-refractivity contribution in [1.82, 2.24) is 15.0 Å². The van der Waals surface area contributed by atoms with Crippen molar-refractivity contribution in [3.05, 3.63) is 33.2 Å². The van der Waals surface area contributed by atoms with Crippen molar-refractivity contribution in [2.75, 3.05) is 19.6 Å². The minimum absolute atomic E-state index is 0.232. The van der Waals surface area contributed by atoms with Gasteiger partial charge in [-0.25, -0.2) is 0 Å². The van der Waals surface area contributed by atoms with Gasteiger partial charge in [0, 0.05) is 10.1 Å². The molecule has 0 aliphatic rings. The zero-order valence-corrected chi connectivity index (χ0v) is 14.8. The van der Waals surface area contributed by atoms with Crippen LogP contribution in [0.1, 0.15) is 31.3 Å². The third kappa shape index (κ3) is 3.81. The summed E-state index contributed by atoms with van der Waals surface area (Å²) in [7, 11) is 0. The van der Waals surface area contributed by atoms with E-state index in [-0.39, 0.29) is 6.04 Å². The van der Waals surface area contributed by atoms with Crippen molar-refractivity contribution in [3.63, 3.8) is 0 Å². The molecule has 1 aromatic carbocycles. The van der Waals surface area contributed by atoms with E-state index in [0.717, 1.165) is 28.8 Å². The van der Waals surface area contributed by atoms with Crippen LogP contribution >= 0.6 is 22.6 Å². The lowest BCUT2D eigenvalue weighted by Gasteiger charge is -2.20. The molecule has 2 aromatic rings. The van der Waals surface area contributed by atoms with Crippen LogP contribution in [0.5, 0.6) is 0 Å². The van der Waals surface area contributed by atoms with Crippen LogP contribution in [-0.2, 0) is 0 Å². The molecule has 114 valence electrons. The summed E-state index contributed by atoms with van der Waals surface area (Å²) in [5, 5.41) is 4.04. The van der Waals surface area contributed by atoms with Crippen molar-refractivity contribution in [2.45, 2.75) is 26.8 Å². The van der Waals surface area contributed by atoms with E-state index in [0.29, 0.717) is 11.7 Å². The Morgan fingerprint density at radius 3 is 2.71 bits per heavy atom. The highest BCUT2D eigenvalue weighted by atomic mass is 127. The summed E-state index contributed by atoms with van der Waals surface area (Å²) >= 11 is 2.30. The molecule has 1 aromatic heterocycles. The van der Waals surface area contributed by atoms with Crippen molar-refractivity contribution < 1.29 is 4.52 Å². The molecule has 6 heteroatoms. The van der Waals surface area contributed by atoms with E-state index >= 15 is 0 Å². The molecule has 2 N–H and O–H groups in total. The second-order valence-corrected chi connectivity index (χ2v) is 6.07. The van der Waals surface area contributed by atoms with Gasteiger partial charge < -0.3 is 15.2 Å². The molecule has 0 fully saturated rings. The Balaban J connectivity index is 2.19. The first kappa shape index (κ1) is 16.4. The van der Waals surface area contributed by atoms with Gasteiger partial charge in [0.15, 0.2) is 5.82 Å². The molecule has 0 bridgehead atoms. The predicted molar refractivity (Wildman–Crippen MR) is 91.9 cm³/mol. The number of likely N-dealkylation sites (N-methyl/N-ethyl adjacent to an activating group) is 1. The van der Waals surface area contributed by atoms with Crippen LogP contribution in [0.3, 0.4) is 0 Å². The SMILES string of the molecule is CCN(CC)CC(N)c1noc(-c2cccc(C)c2I)n1. The van der Waals surface area contributed by atoms with E-state index in [4.69, 9.17) is 10.3 Å². The Morgan fingerprint density at radius 2 is 2.05 bits per heavy atom. The van der Waals surface area contributed by atoms with Crippen LogP contribution < -0.4 is 5.73 Å². The topological polar surface area (TPSA) is 68.2 Å². The molecule has 0 radical (unpaired) electrons. The van der Waals surface area contributed by atoms with Gasteiger partial charge in [-0.1, -0.05) is 31.1 Å². The van der Waals surface area contributed by atoms with Crippen LogP contribution in [0.4, 0.5) is 0 Å². The van der Waals surface area contributed by atoms with Gasteiger partial charge >= 0.3 is 0 Å². The molecular formula is C15H21IN4O. The number of nitrogens with zero attached hydrogens (tertiary/aromatic N) is 3. The first-order chi connectivity index (χ1) is 10.1. The molecule has 1 unspecified atom stereocenters. The summed E-state index contributed by atoms with van der Waals surface area (Å²) in [6, 6.07) is 5.81. The Hall–Kier alpha value is -0.990. The van der Waals surface area contributed by atoms with Gasteiger partial charge in [0.25, 0.3) is 5.89 Å². The number of aromatic nitrogens is 2. The van der Waals surface area contributed by atoms with E-state index in [9.17, 15) is 0 Å². The molecule has 0 aliphatic carbocycles. The monoisotopic (exact) mass is 400 g/mol. The highest BCUT2D eigenvalue weighted by Gasteiger charge is 2.18. The first-order valence-electron chi connectivity index (χ1n) is 7.13. The van der Waals surface area contributed by atoms with E-state index in [2.05, 4.69) is 64.5 Å². The van der Waals surface area contributed by atoms with Gasteiger partial charge in [0.2, 0.25) is 0 Å². The van der Waals surface area contributed by atoms with Gasteiger partial charge in [-0.3, -0.25) is 0 Å². The standard InChI is InChI=1S/C15H21IN4O/c1-4-20(5-2)9-12(17)14-18-15(21-19-14)11-8-6-7-10(3)13(11)16/h6-8,12H,4-5,9,17H2,1-3H3. The average Bonchev–Trinajstić information content (AvgIpc) is 2.97. The molecule has 21 heavy (non-hydrogen) atoms. The Kier molecular flexibility index (Phi) is 5.72. The highest BCUT2D eigenvalue weighted by molar-refractivity contribution is 14.1. The van der Waals surface area contributed by atoms with Crippen LogP contribution in [0.2, 0.25) is 0 Å². The van der Waals surface area contributed by atoms with Gasteiger partial charge in [-0.2, -0.15) is 4.98 Å². The smallest absolute Gasteiger partial charge is 0.259 e. The van der Waals surface area contributed by atoms with Crippen molar-refractivity contribution >= 4 is 22.6 Å². The maximum atomic E-state index is 6.18. The van der Waals surface area contributed by atoms with E-state index < -0.39 is 0 Å². The number of nitrogens with two attached hydrogens (primary N) is 1. The molecule has 1 heterocycles. The molecule has 0 aliphatic heterocycles. The predicted octanol–water partition coefficient (Wildman–Crippen LogP) is 2.99. The van der Waals surface area contributed by atoms with Crippen LogP contribution in [0.15, 0.2) is 22.7 Å². The van der Waals surface area contributed by atoms with E-state index in [1.54, 1.807) is 0 Å². The summed E-state index contributed by atoms with van der Waals surface area (Å²) in [5.74, 6) is 1.10. The maximum Gasteiger partial charge on any atom is 0.259 e. The summed E-state index contributed by atoms with van der Waals surface area (Å²) in [4.78, 5) is 6.72. The Morgan fingerprint density at radius 1 is 1.33 bits per heavy atom. The van der Waals surface area contributed by atoms with Gasteiger partial charge in [-0.15, -0.1) is 0 Å². The quantitative estimate of drug-likeness (QED) is 0.756. The van der Waals surface area contributed by atoms with Gasteiger partial charge in [-0.05, 0) is 54.2 Å². The summed E-state index contributed by atoms with van der Waals surface area (Å²) in [6.45, 7) is 8.96. The van der Waals surface area contributed by atoms with Crippen molar-refractivity contribution in [1.29, 1.82) is 0 Å². The molecule has 0 amide bonds. The fourth-order valence-corrected chi connectivity index (χ4v) is 2.74. The number of halogens is 1. The van der Waals surface area contributed by atoms with Crippen molar-refractivity contribution in [2.24, 2.45) is 5.73 Å². The minimum Gasteiger partial charge on any atom is -0.334 e. The van der Waals surface area contributed by atoms with E-state index in [1.807, 2.05) is 12.1 Å². The summed E-state index contributed by atoms with van der Waals surface area (Å²) < 4.78 is 6.52. The molecule has 1 atom stereocenters. The molecular weight excluding hydrogens is 379 g/mol. The van der Waals surface area contributed by atoms with Crippen LogP contribution in [0.25, 0.3) is 11.5 Å². The number of hydrogen-bond donors (Lipinski definition) is 1. The average molecular weight is 400 g/mol. The molecule has 5 nitrogen and oxygen atoms in total. The zero-order chi connectivity index (χ0) is 15.4. The minimum atomic E-state index is -0.232. The summed E-state index contributed by atoms with van der Waals surface area (Å²) in [5.41, 5.74) is 8.33. The third-order valence-electron chi connectivity index (χ3n) is 3.54. The maximum absolute atomic E-state index is 6.18. The van der Waals surface area contributed by atoms with Gasteiger partial charge in [0.05, 0.1) is 11.6 Å². The number of rotatable bonds is 6. The Labute approximate surface area is 139 Å². The summed E-state index contributed by atoms with van der Waals surface area (Å²) in [6.07, 6.45) is 0. The number of hydrogen-bond acceptors (Lipinski definition) is 5. The Bertz CT molecular complexity index is 595.